The summed E-state index contributed by atoms with van der Waals surface area (Å²) in [5.41, 5.74) is 1.20. The van der Waals surface area contributed by atoms with Crippen molar-refractivity contribution in [2.24, 2.45) is 0 Å². The van der Waals surface area contributed by atoms with Gasteiger partial charge in [0.25, 0.3) is 5.91 Å². The molecule has 3 atom stereocenters. The number of epoxide rings is 1. The smallest absolute Gasteiger partial charge is 0.255 e. The molecule has 1 aliphatic carbocycles. The molecule has 1 saturated heterocycles. The Bertz CT molecular complexity index is 441. The highest BCUT2D eigenvalue weighted by Crippen LogP contribution is 2.37. The van der Waals surface area contributed by atoms with Crippen molar-refractivity contribution in [3.05, 3.63) is 35.9 Å². The predicted octanol–water partition coefficient (Wildman–Crippen LogP) is 2.53. The van der Waals surface area contributed by atoms with E-state index >= 15 is 0 Å². The van der Waals surface area contributed by atoms with Crippen LogP contribution >= 0.6 is 0 Å². The normalized spacial score (nSPS) is 27.7. The number of carbonyl (C=O) groups is 1. The lowest BCUT2D eigenvalue weighted by Crippen LogP contribution is -2.38. The Balaban J connectivity index is 1.79. The summed E-state index contributed by atoms with van der Waals surface area (Å²) in [7, 11) is 0. The van der Waals surface area contributed by atoms with Crippen molar-refractivity contribution in [1.82, 2.24) is 4.90 Å². The second-order valence-corrected chi connectivity index (χ2v) is 5.33. The molecule has 1 aromatic carbocycles. The highest BCUT2D eigenvalue weighted by Gasteiger charge is 2.48. The minimum atomic E-state index is -0.197. The van der Waals surface area contributed by atoms with Gasteiger partial charge in [0, 0.05) is 6.04 Å². The molecule has 3 heteroatoms. The van der Waals surface area contributed by atoms with Crippen molar-refractivity contribution in [2.75, 3.05) is 0 Å². The number of hydrogen-bond acceptors (Lipinski definition) is 2. The van der Waals surface area contributed by atoms with Gasteiger partial charge in [-0.3, -0.25) is 4.79 Å². The fourth-order valence-electron chi connectivity index (χ4n) is 2.52. The van der Waals surface area contributed by atoms with Gasteiger partial charge < -0.3 is 9.64 Å². The van der Waals surface area contributed by atoms with Crippen LogP contribution in [0.25, 0.3) is 0 Å². The van der Waals surface area contributed by atoms with E-state index in [4.69, 9.17) is 4.74 Å². The first-order valence-electron chi connectivity index (χ1n) is 6.71. The third-order valence-corrected chi connectivity index (χ3v) is 3.85. The van der Waals surface area contributed by atoms with E-state index in [-0.39, 0.29) is 24.2 Å². The van der Waals surface area contributed by atoms with Crippen LogP contribution in [0.4, 0.5) is 0 Å². The van der Waals surface area contributed by atoms with E-state index in [1.807, 2.05) is 30.0 Å². The molecule has 1 heterocycles. The van der Waals surface area contributed by atoms with Gasteiger partial charge in [-0.2, -0.15) is 0 Å². The Labute approximate surface area is 108 Å². The Morgan fingerprint density at radius 1 is 1.33 bits per heavy atom. The molecule has 18 heavy (non-hydrogen) atoms. The number of hydrogen-bond donors (Lipinski definition) is 0. The van der Waals surface area contributed by atoms with Crippen LogP contribution in [-0.4, -0.2) is 29.1 Å². The van der Waals surface area contributed by atoms with Gasteiger partial charge in [-0.05, 0) is 32.3 Å². The predicted molar refractivity (Wildman–Crippen MR) is 69.1 cm³/mol. The van der Waals surface area contributed by atoms with Gasteiger partial charge in [-0.25, -0.2) is 0 Å². The Hall–Kier alpha value is -1.35. The second kappa shape index (κ2) is 4.39. The van der Waals surface area contributed by atoms with Gasteiger partial charge in [0.15, 0.2) is 6.10 Å². The first-order chi connectivity index (χ1) is 8.68. The van der Waals surface area contributed by atoms with Gasteiger partial charge in [0.2, 0.25) is 0 Å². The van der Waals surface area contributed by atoms with Gasteiger partial charge in [-0.1, -0.05) is 30.3 Å². The maximum absolute atomic E-state index is 12.4. The van der Waals surface area contributed by atoms with E-state index in [1.54, 1.807) is 0 Å². The minimum absolute atomic E-state index is 0.0988. The van der Waals surface area contributed by atoms with Crippen molar-refractivity contribution in [1.29, 1.82) is 0 Å². The molecule has 2 aliphatic rings. The lowest BCUT2D eigenvalue weighted by molar-refractivity contribution is -0.135. The lowest BCUT2D eigenvalue weighted by atomic mass is 10.1. The molecule has 3 nitrogen and oxygen atoms in total. The van der Waals surface area contributed by atoms with Crippen molar-refractivity contribution < 1.29 is 9.53 Å². The summed E-state index contributed by atoms with van der Waals surface area (Å²) < 4.78 is 5.33. The van der Waals surface area contributed by atoms with Crippen molar-refractivity contribution in [3.8, 4) is 0 Å². The van der Waals surface area contributed by atoms with Crippen LogP contribution in [0.1, 0.15) is 38.3 Å². The largest absolute Gasteiger partial charge is 0.359 e. The average Bonchev–Trinajstić information content (AvgIpc) is 3.27. The summed E-state index contributed by atoms with van der Waals surface area (Å²) in [4.78, 5) is 14.4. The van der Waals surface area contributed by atoms with Gasteiger partial charge >= 0.3 is 0 Å². The number of ether oxygens (including phenoxy) is 1. The third-order valence-electron chi connectivity index (χ3n) is 3.85. The molecule has 1 aromatic rings. The fourth-order valence-corrected chi connectivity index (χ4v) is 2.52. The fraction of sp³-hybridized carbons (Fsp3) is 0.533. The summed E-state index contributed by atoms with van der Waals surface area (Å²) in [6, 6.07) is 10.8. The molecule has 96 valence electrons. The SMILES string of the molecule is CC(c1ccccc1)N(C(=O)[C@@H]1O[C@H]1C)C1CC1. The first-order valence-corrected chi connectivity index (χ1v) is 6.71. The summed E-state index contributed by atoms with van der Waals surface area (Å²) >= 11 is 0. The lowest BCUT2D eigenvalue weighted by Gasteiger charge is -2.29. The van der Waals surface area contributed by atoms with Crippen LogP contribution in [-0.2, 0) is 9.53 Å². The van der Waals surface area contributed by atoms with Crippen LogP contribution < -0.4 is 0 Å². The van der Waals surface area contributed by atoms with E-state index in [0.717, 1.165) is 12.8 Å². The number of rotatable bonds is 4. The zero-order valence-corrected chi connectivity index (χ0v) is 10.9. The average molecular weight is 245 g/mol. The quantitative estimate of drug-likeness (QED) is 0.764. The molecule has 0 bridgehead atoms. The molecule has 0 spiro atoms. The molecule has 0 N–H and O–H groups in total. The number of amides is 1. The third kappa shape index (κ3) is 2.15. The van der Waals surface area contributed by atoms with Gasteiger partial charge in [-0.15, -0.1) is 0 Å². The van der Waals surface area contributed by atoms with E-state index in [9.17, 15) is 4.79 Å². The maximum atomic E-state index is 12.4. The van der Waals surface area contributed by atoms with E-state index in [2.05, 4.69) is 19.1 Å². The highest BCUT2D eigenvalue weighted by atomic mass is 16.6. The van der Waals surface area contributed by atoms with Crippen molar-refractivity contribution in [2.45, 2.75) is 51.0 Å². The molecule has 0 radical (unpaired) electrons. The zero-order chi connectivity index (χ0) is 12.7. The summed E-state index contributed by atoms with van der Waals surface area (Å²) in [5, 5.41) is 0. The van der Waals surface area contributed by atoms with E-state index in [1.165, 1.54) is 5.56 Å². The first kappa shape index (κ1) is 11.7. The van der Waals surface area contributed by atoms with E-state index in [0.29, 0.717) is 6.04 Å². The monoisotopic (exact) mass is 245 g/mol. The summed E-state index contributed by atoms with van der Waals surface area (Å²) in [6.45, 7) is 4.07. The van der Waals surface area contributed by atoms with Crippen LogP contribution in [0.3, 0.4) is 0 Å². The molecular formula is C15H19NO2. The topological polar surface area (TPSA) is 32.8 Å². The van der Waals surface area contributed by atoms with Gasteiger partial charge in [0.05, 0.1) is 12.1 Å². The molecule has 3 rings (SSSR count). The number of carbonyl (C=O) groups excluding carboxylic acids is 1. The maximum Gasteiger partial charge on any atom is 0.255 e. The zero-order valence-electron chi connectivity index (χ0n) is 10.9. The molecule has 1 amide bonds. The van der Waals surface area contributed by atoms with Gasteiger partial charge in [0.1, 0.15) is 0 Å². The minimum Gasteiger partial charge on any atom is -0.359 e. The van der Waals surface area contributed by atoms with Crippen molar-refractivity contribution >= 4 is 5.91 Å². The molecular weight excluding hydrogens is 226 g/mol. The van der Waals surface area contributed by atoms with Crippen molar-refractivity contribution in [3.63, 3.8) is 0 Å². The highest BCUT2D eigenvalue weighted by molar-refractivity contribution is 5.84. The number of nitrogens with zero attached hydrogens (tertiary/aromatic N) is 1. The number of benzene rings is 1. The summed E-state index contributed by atoms with van der Waals surface area (Å²) in [6.07, 6.45) is 2.16. The molecule has 1 aliphatic heterocycles. The summed E-state index contributed by atoms with van der Waals surface area (Å²) in [5.74, 6) is 0.168. The Kier molecular flexibility index (Phi) is 2.86. The molecule has 0 aromatic heterocycles. The van der Waals surface area contributed by atoms with Crippen LogP contribution in [0.5, 0.6) is 0 Å². The van der Waals surface area contributed by atoms with Crippen LogP contribution in [0.2, 0.25) is 0 Å². The Morgan fingerprint density at radius 3 is 2.44 bits per heavy atom. The molecule has 2 fully saturated rings. The molecule has 1 saturated carbocycles. The van der Waals surface area contributed by atoms with E-state index < -0.39 is 0 Å². The van der Waals surface area contributed by atoms with Crippen LogP contribution in [0, 0.1) is 0 Å². The second-order valence-electron chi connectivity index (χ2n) is 5.33. The molecule has 1 unspecified atom stereocenters. The Morgan fingerprint density at radius 2 is 1.94 bits per heavy atom. The standard InChI is InChI=1S/C15H19NO2/c1-10(12-6-4-3-5-7-12)16(13-8-9-13)15(17)14-11(2)18-14/h3-7,10-11,13-14H,8-9H2,1-2H3/t10?,11-,14+/m0/s1. The van der Waals surface area contributed by atoms with Crippen LogP contribution in [0.15, 0.2) is 30.3 Å².